The minimum Gasteiger partial charge on any atom is -0.489 e. The molecule has 3 aromatic carbocycles. The minimum atomic E-state index is -0.909. The number of rotatable bonds is 9. The Labute approximate surface area is 240 Å². The van der Waals surface area contributed by atoms with Crippen molar-refractivity contribution in [2.75, 3.05) is 23.7 Å². The number of nitrogens with zero attached hydrogens (tertiary/aromatic N) is 1. The Morgan fingerprint density at radius 2 is 1.61 bits per heavy atom. The van der Waals surface area contributed by atoms with Crippen molar-refractivity contribution in [2.45, 2.75) is 45.8 Å². The van der Waals surface area contributed by atoms with Gasteiger partial charge in [-0.25, -0.2) is 9.59 Å². The van der Waals surface area contributed by atoms with Crippen LogP contribution in [0.2, 0.25) is 0 Å². The van der Waals surface area contributed by atoms with Crippen LogP contribution in [0.25, 0.3) is 0 Å². The maximum atomic E-state index is 12.6. The molecule has 9 nitrogen and oxygen atoms in total. The molecule has 0 unspecified atom stereocenters. The molecule has 0 saturated carbocycles. The third kappa shape index (κ3) is 8.99. The van der Waals surface area contributed by atoms with Crippen LogP contribution in [0.5, 0.6) is 5.75 Å². The standard InChI is InChI=1S/C32H37N3O6/c1-32(2,3)41-31(39)35-17-16-24(20-35)28(29(36)37)19-23-10-7-11-26(18-23)34-30(38)33-25-12-14-27(15-13-25)40-21-22-8-5-4-6-9-22/h4-15,18,24,28H,16-17,19-21H2,1-3H3,(H,36,37)(H2,33,34,38)/t24-,28-/m0/s1. The van der Waals surface area contributed by atoms with Crippen LogP contribution in [-0.4, -0.2) is 46.8 Å². The van der Waals surface area contributed by atoms with Crippen molar-refractivity contribution in [1.29, 1.82) is 0 Å². The average molecular weight is 560 g/mol. The molecular formula is C32H37N3O6. The third-order valence-corrected chi connectivity index (χ3v) is 6.76. The summed E-state index contributed by atoms with van der Waals surface area (Å²) in [5.74, 6) is -1.08. The Hall–Kier alpha value is -4.53. The first-order valence-electron chi connectivity index (χ1n) is 13.7. The van der Waals surface area contributed by atoms with Crippen molar-refractivity contribution in [1.82, 2.24) is 4.90 Å². The number of ether oxygens (including phenoxy) is 2. The third-order valence-electron chi connectivity index (χ3n) is 6.76. The lowest BCUT2D eigenvalue weighted by Gasteiger charge is -2.25. The Morgan fingerprint density at radius 3 is 2.29 bits per heavy atom. The van der Waals surface area contributed by atoms with E-state index in [9.17, 15) is 19.5 Å². The molecule has 0 aromatic heterocycles. The maximum Gasteiger partial charge on any atom is 0.410 e. The van der Waals surface area contributed by atoms with Gasteiger partial charge in [-0.3, -0.25) is 4.79 Å². The summed E-state index contributed by atoms with van der Waals surface area (Å²) in [6, 6.07) is 23.7. The molecule has 0 bridgehead atoms. The number of aliphatic carboxylic acids is 1. The predicted molar refractivity (Wildman–Crippen MR) is 157 cm³/mol. The topological polar surface area (TPSA) is 117 Å². The highest BCUT2D eigenvalue weighted by atomic mass is 16.6. The summed E-state index contributed by atoms with van der Waals surface area (Å²) in [5.41, 5.74) is 2.39. The van der Waals surface area contributed by atoms with Crippen LogP contribution in [0.3, 0.4) is 0 Å². The summed E-state index contributed by atoms with van der Waals surface area (Å²) in [6.07, 6.45) is 0.451. The number of carboxylic acid groups (broad SMARTS) is 1. The highest BCUT2D eigenvalue weighted by molar-refractivity contribution is 5.99. The van der Waals surface area contributed by atoms with E-state index in [1.807, 2.05) is 36.4 Å². The molecule has 216 valence electrons. The molecule has 1 aliphatic rings. The fraction of sp³-hybridized carbons (Fsp3) is 0.344. The highest BCUT2D eigenvalue weighted by Gasteiger charge is 2.37. The van der Waals surface area contributed by atoms with E-state index in [2.05, 4.69) is 10.6 Å². The Bertz CT molecular complexity index is 1340. The molecule has 41 heavy (non-hydrogen) atoms. The van der Waals surface area contributed by atoms with Crippen molar-refractivity contribution in [3.05, 3.63) is 90.0 Å². The molecule has 4 rings (SSSR count). The zero-order chi connectivity index (χ0) is 29.4. The molecular weight excluding hydrogens is 522 g/mol. The second-order valence-electron chi connectivity index (χ2n) is 11.2. The average Bonchev–Trinajstić information content (AvgIpc) is 3.41. The van der Waals surface area contributed by atoms with E-state index in [0.29, 0.717) is 43.2 Å². The number of amides is 3. The number of hydrogen-bond acceptors (Lipinski definition) is 5. The van der Waals surface area contributed by atoms with Crippen molar-refractivity contribution < 1.29 is 29.0 Å². The molecule has 0 spiro atoms. The Balaban J connectivity index is 1.30. The lowest BCUT2D eigenvalue weighted by molar-refractivity contribution is -0.143. The number of carbonyl (C=O) groups is 3. The van der Waals surface area contributed by atoms with Gasteiger partial charge in [0.05, 0.1) is 5.92 Å². The van der Waals surface area contributed by atoms with Crippen molar-refractivity contribution in [2.24, 2.45) is 11.8 Å². The number of carbonyl (C=O) groups excluding carboxylic acids is 2. The van der Waals surface area contributed by atoms with Crippen LogP contribution in [-0.2, 0) is 22.6 Å². The molecule has 1 saturated heterocycles. The second kappa shape index (κ2) is 13.2. The quantitative estimate of drug-likeness (QED) is 0.279. The van der Waals surface area contributed by atoms with E-state index in [1.54, 1.807) is 68.1 Å². The summed E-state index contributed by atoms with van der Waals surface area (Å²) in [6.45, 7) is 6.67. The number of urea groups is 1. The summed E-state index contributed by atoms with van der Waals surface area (Å²) in [7, 11) is 0. The first kappa shape index (κ1) is 29.5. The van der Waals surface area contributed by atoms with Crippen LogP contribution in [0.15, 0.2) is 78.9 Å². The van der Waals surface area contributed by atoms with Gasteiger partial charge < -0.3 is 30.1 Å². The van der Waals surface area contributed by atoms with Gasteiger partial charge in [0.25, 0.3) is 0 Å². The molecule has 9 heteroatoms. The van der Waals surface area contributed by atoms with Gasteiger partial charge in [0.15, 0.2) is 0 Å². The maximum absolute atomic E-state index is 12.6. The first-order chi connectivity index (χ1) is 19.6. The molecule has 2 atom stereocenters. The van der Waals surface area contributed by atoms with E-state index in [-0.39, 0.29) is 12.3 Å². The lowest BCUT2D eigenvalue weighted by Crippen LogP contribution is -2.36. The molecule has 3 amide bonds. The van der Waals surface area contributed by atoms with E-state index >= 15 is 0 Å². The smallest absolute Gasteiger partial charge is 0.410 e. The number of benzene rings is 3. The van der Waals surface area contributed by atoms with E-state index in [4.69, 9.17) is 9.47 Å². The second-order valence-corrected chi connectivity index (χ2v) is 11.2. The SMILES string of the molecule is CC(C)(C)OC(=O)N1CC[C@H]([C@H](Cc2cccc(NC(=O)Nc3ccc(OCc4ccccc4)cc3)c2)C(=O)O)C1. The van der Waals surface area contributed by atoms with Gasteiger partial charge in [-0.15, -0.1) is 0 Å². The Kier molecular flexibility index (Phi) is 9.49. The monoisotopic (exact) mass is 559 g/mol. The molecule has 1 heterocycles. The summed E-state index contributed by atoms with van der Waals surface area (Å²) < 4.78 is 11.2. The normalized spacial score (nSPS) is 15.6. The van der Waals surface area contributed by atoms with E-state index < -0.39 is 29.6 Å². The van der Waals surface area contributed by atoms with Gasteiger partial charge in [0.2, 0.25) is 0 Å². The van der Waals surface area contributed by atoms with Gasteiger partial charge in [-0.2, -0.15) is 0 Å². The molecule has 3 N–H and O–H groups in total. The molecule has 3 aromatic rings. The van der Waals surface area contributed by atoms with Crippen molar-refractivity contribution >= 4 is 29.5 Å². The molecule has 1 aliphatic heterocycles. The minimum absolute atomic E-state index is 0.195. The number of likely N-dealkylation sites (tertiary alicyclic amines) is 1. The highest BCUT2D eigenvalue weighted by Crippen LogP contribution is 2.29. The predicted octanol–water partition coefficient (Wildman–Crippen LogP) is 6.41. The van der Waals surface area contributed by atoms with Crippen molar-refractivity contribution in [3.63, 3.8) is 0 Å². The zero-order valence-corrected chi connectivity index (χ0v) is 23.6. The van der Waals surface area contributed by atoms with E-state index in [0.717, 1.165) is 11.1 Å². The van der Waals surface area contributed by atoms with Crippen LogP contribution in [0, 0.1) is 11.8 Å². The fourth-order valence-electron chi connectivity index (χ4n) is 4.76. The largest absolute Gasteiger partial charge is 0.489 e. The summed E-state index contributed by atoms with van der Waals surface area (Å²) >= 11 is 0. The van der Waals surface area contributed by atoms with E-state index in [1.165, 1.54) is 0 Å². The molecule has 1 fully saturated rings. The number of nitrogens with one attached hydrogen (secondary N) is 2. The van der Waals surface area contributed by atoms with Gasteiger partial charge >= 0.3 is 18.1 Å². The van der Waals surface area contributed by atoms with Gasteiger partial charge in [0, 0.05) is 24.5 Å². The Morgan fingerprint density at radius 1 is 0.927 bits per heavy atom. The number of anilines is 2. The van der Waals surface area contributed by atoms with Crippen LogP contribution in [0.4, 0.5) is 21.0 Å². The van der Waals surface area contributed by atoms with Crippen molar-refractivity contribution in [3.8, 4) is 5.75 Å². The summed E-state index contributed by atoms with van der Waals surface area (Å²) in [4.78, 5) is 38.8. The summed E-state index contributed by atoms with van der Waals surface area (Å²) in [5, 5.41) is 15.6. The number of carboxylic acids is 1. The van der Waals surface area contributed by atoms with Crippen LogP contribution < -0.4 is 15.4 Å². The van der Waals surface area contributed by atoms with Crippen LogP contribution >= 0.6 is 0 Å². The first-order valence-corrected chi connectivity index (χ1v) is 13.7. The number of hydrogen-bond donors (Lipinski definition) is 3. The fourth-order valence-corrected chi connectivity index (χ4v) is 4.76. The molecule has 0 radical (unpaired) electrons. The lowest BCUT2D eigenvalue weighted by atomic mass is 9.86. The zero-order valence-electron chi connectivity index (χ0n) is 23.6. The van der Waals surface area contributed by atoms with Crippen LogP contribution in [0.1, 0.15) is 38.3 Å². The van der Waals surface area contributed by atoms with Gasteiger partial charge in [-0.1, -0.05) is 42.5 Å². The van der Waals surface area contributed by atoms with Gasteiger partial charge in [-0.05, 0) is 87.1 Å². The van der Waals surface area contributed by atoms with Gasteiger partial charge in [0.1, 0.15) is 18.0 Å². The molecule has 0 aliphatic carbocycles.